The first-order valence-electron chi connectivity index (χ1n) is 12.1. The number of benzene rings is 3. The van der Waals surface area contributed by atoms with Gasteiger partial charge >= 0.3 is 5.91 Å². The molecule has 0 aliphatic carbocycles. The molecule has 2 heterocycles. The van der Waals surface area contributed by atoms with E-state index in [0.29, 0.717) is 34.1 Å². The monoisotopic (exact) mass is 534 g/mol. The predicted molar refractivity (Wildman–Crippen MR) is 142 cm³/mol. The van der Waals surface area contributed by atoms with Gasteiger partial charge in [0.25, 0.3) is 5.78 Å². The van der Waals surface area contributed by atoms with Gasteiger partial charge in [-0.1, -0.05) is 37.3 Å². The topological polar surface area (TPSA) is 79.7 Å². The zero-order chi connectivity index (χ0) is 27.0. The largest absolute Gasteiger partial charge is 0.507 e. The third-order valence-electron chi connectivity index (χ3n) is 6.25. The average molecular weight is 535 g/mol. The molecular weight excluding hydrogens is 510 g/mol. The molecule has 1 unspecified atom stereocenters. The standard InChI is InChI=1S/C29H24F2N2O4S/c1-16(2)12-13-37-21-5-3-4-18(14-21)25-24(26(34)17-6-8-19(30)9-7-17)27(35)28(36)33(25)29-32-22-11-10-20(31)15-23(22)38-29/h3-11,14-16,25,34H,12-13H2,1-2H3/b26-24+. The van der Waals surface area contributed by atoms with Crippen molar-refractivity contribution in [3.8, 4) is 5.75 Å². The van der Waals surface area contributed by atoms with Crippen LogP contribution in [0.15, 0.2) is 72.3 Å². The maximum absolute atomic E-state index is 13.8. The second kappa shape index (κ2) is 10.3. The average Bonchev–Trinajstić information content (AvgIpc) is 3.41. The summed E-state index contributed by atoms with van der Waals surface area (Å²) in [6.45, 7) is 4.67. The molecular formula is C29H24F2N2O4S. The summed E-state index contributed by atoms with van der Waals surface area (Å²) in [7, 11) is 0. The molecule has 9 heteroatoms. The minimum absolute atomic E-state index is 0.161. The maximum Gasteiger partial charge on any atom is 0.301 e. The number of hydrogen-bond acceptors (Lipinski definition) is 6. The van der Waals surface area contributed by atoms with Gasteiger partial charge in [-0.15, -0.1) is 0 Å². The van der Waals surface area contributed by atoms with Crippen molar-refractivity contribution in [1.82, 2.24) is 4.98 Å². The lowest BCUT2D eigenvalue weighted by Gasteiger charge is -2.23. The highest BCUT2D eigenvalue weighted by molar-refractivity contribution is 7.22. The summed E-state index contributed by atoms with van der Waals surface area (Å²) < 4.78 is 33.8. The lowest BCUT2D eigenvalue weighted by atomic mass is 9.95. The number of nitrogens with zero attached hydrogens (tertiary/aromatic N) is 2. The quantitative estimate of drug-likeness (QED) is 0.164. The van der Waals surface area contributed by atoms with Crippen LogP contribution in [0.1, 0.15) is 37.4 Å². The number of ketones is 1. The number of thiazole rings is 1. The SMILES string of the molecule is CC(C)CCOc1cccc(C2/C(=C(\O)c3ccc(F)cc3)C(=O)C(=O)N2c2nc3ccc(F)cc3s2)c1. The molecule has 5 rings (SSSR count). The highest BCUT2D eigenvalue weighted by atomic mass is 32.1. The van der Waals surface area contributed by atoms with Crippen LogP contribution in [0.5, 0.6) is 5.75 Å². The van der Waals surface area contributed by atoms with Gasteiger partial charge in [0.2, 0.25) is 0 Å². The van der Waals surface area contributed by atoms with E-state index in [2.05, 4.69) is 18.8 Å². The van der Waals surface area contributed by atoms with Crippen LogP contribution in [0.4, 0.5) is 13.9 Å². The Bertz CT molecular complexity index is 1560. The molecule has 1 atom stereocenters. The minimum Gasteiger partial charge on any atom is -0.507 e. The van der Waals surface area contributed by atoms with Gasteiger partial charge < -0.3 is 9.84 Å². The van der Waals surface area contributed by atoms with Gasteiger partial charge in [-0.25, -0.2) is 13.8 Å². The van der Waals surface area contributed by atoms with Crippen LogP contribution in [0.2, 0.25) is 0 Å². The van der Waals surface area contributed by atoms with Gasteiger partial charge in [-0.2, -0.15) is 0 Å². The normalized spacial score (nSPS) is 17.1. The van der Waals surface area contributed by atoms with E-state index in [4.69, 9.17) is 4.74 Å². The van der Waals surface area contributed by atoms with Crippen LogP contribution in [-0.4, -0.2) is 28.4 Å². The highest BCUT2D eigenvalue weighted by Gasteiger charge is 2.48. The number of fused-ring (bicyclic) bond motifs is 1. The molecule has 0 bridgehead atoms. The number of halogens is 2. The second-order valence-electron chi connectivity index (χ2n) is 9.39. The molecule has 1 aromatic heterocycles. The van der Waals surface area contributed by atoms with Crippen molar-refractivity contribution in [3.05, 3.63) is 95.1 Å². The molecule has 38 heavy (non-hydrogen) atoms. The van der Waals surface area contributed by atoms with E-state index in [1.165, 1.54) is 35.2 Å². The van der Waals surface area contributed by atoms with Crippen molar-refractivity contribution in [3.63, 3.8) is 0 Å². The fraction of sp³-hybridized carbons (Fsp3) is 0.207. The number of anilines is 1. The third kappa shape index (κ3) is 4.89. The van der Waals surface area contributed by atoms with Crippen LogP contribution < -0.4 is 9.64 Å². The lowest BCUT2D eigenvalue weighted by molar-refractivity contribution is -0.132. The molecule has 1 fully saturated rings. The Morgan fingerprint density at radius 2 is 1.79 bits per heavy atom. The van der Waals surface area contributed by atoms with Crippen LogP contribution in [0, 0.1) is 17.6 Å². The van der Waals surface area contributed by atoms with E-state index in [0.717, 1.165) is 29.9 Å². The minimum atomic E-state index is -1.04. The number of amides is 1. The van der Waals surface area contributed by atoms with Crippen molar-refractivity contribution in [2.24, 2.45) is 5.92 Å². The molecule has 194 valence electrons. The number of ether oxygens (including phenoxy) is 1. The number of rotatable bonds is 7. The van der Waals surface area contributed by atoms with Crippen molar-refractivity contribution in [1.29, 1.82) is 0 Å². The van der Waals surface area contributed by atoms with E-state index in [1.54, 1.807) is 24.3 Å². The summed E-state index contributed by atoms with van der Waals surface area (Å²) in [4.78, 5) is 32.5. The molecule has 3 aromatic carbocycles. The van der Waals surface area contributed by atoms with E-state index >= 15 is 0 Å². The Hall–Kier alpha value is -4.11. The van der Waals surface area contributed by atoms with Gasteiger partial charge in [0.1, 0.15) is 23.1 Å². The zero-order valence-corrected chi connectivity index (χ0v) is 21.5. The molecule has 1 saturated heterocycles. The summed E-state index contributed by atoms with van der Waals surface area (Å²) >= 11 is 1.06. The Kier molecular flexibility index (Phi) is 6.94. The smallest absolute Gasteiger partial charge is 0.301 e. The highest BCUT2D eigenvalue weighted by Crippen LogP contribution is 2.45. The third-order valence-corrected chi connectivity index (χ3v) is 7.26. The first-order chi connectivity index (χ1) is 18.2. The first kappa shape index (κ1) is 25.5. The van der Waals surface area contributed by atoms with Crippen molar-refractivity contribution >= 4 is 44.1 Å². The molecule has 1 aliphatic heterocycles. The lowest BCUT2D eigenvalue weighted by Crippen LogP contribution is -2.29. The molecule has 0 radical (unpaired) electrons. The summed E-state index contributed by atoms with van der Waals surface area (Å²) in [6.07, 6.45) is 0.843. The molecule has 1 aliphatic rings. The van der Waals surface area contributed by atoms with Crippen LogP contribution in [0.3, 0.4) is 0 Å². The van der Waals surface area contributed by atoms with E-state index < -0.39 is 35.1 Å². The van der Waals surface area contributed by atoms with Gasteiger partial charge in [-0.05, 0) is 72.5 Å². The van der Waals surface area contributed by atoms with Crippen molar-refractivity contribution in [2.75, 3.05) is 11.5 Å². The van der Waals surface area contributed by atoms with Crippen molar-refractivity contribution in [2.45, 2.75) is 26.3 Å². The summed E-state index contributed by atoms with van der Waals surface area (Å²) in [5.41, 5.74) is 1.01. The molecule has 4 aromatic rings. The first-order valence-corrected chi connectivity index (χ1v) is 12.9. The van der Waals surface area contributed by atoms with Crippen molar-refractivity contribution < 1.29 is 28.2 Å². The fourth-order valence-corrected chi connectivity index (χ4v) is 5.30. The van der Waals surface area contributed by atoms with Gasteiger partial charge in [-0.3, -0.25) is 14.5 Å². The summed E-state index contributed by atoms with van der Waals surface area (Å²) in [5.74, 6) is -2.20. The molecule has 1 amide bonds. The number of carbonyl (C=O) groups excluding carboxylic acids is 2. The Morgan fingerprint density at radius 1 is 1.05 bits per heavy atom. The summed E-state index contributed by atoms with van der Waals surface area (Å²) in [5, 5.41) is 11.4. The maximum atomic E-state index is 13.8. The number of aromatic nitrogens is 1. The number of aliphatic hydroxyl groups is 1. The van der Waals surface area contributed by atoms with Gasteiger partial charge in [0.05, 0.1) is 28.4 Å². The van der Waals surface area contributed by atoms with Crippen LogP contribution in [-0.2, 0) is 9.59 Å². The van der Waals surface area contributed by atoms with E-state index in [-0.39, 0.29) is 16.3 Å². The van der Waals surface area contributed by atoms with Crippen LogP contribution >= 0.6 is 11.3 Å². The van der Waals surface area contributed by atoms with E-state index in [1.807, 2.05) is 0 Å². The van der Waals surface area contributed by atoms with Gasteiger partial charge in [0.15, 0.2) is 5.13 Å². The summed E-state index contributed by atoms with van der Waals surface area (Å²) in [6, 6.07) is 15.0. The molecule has 0 saturated carbocycles. The molecule has 6 nitrogen and oxygen atoms in total. The number of aliphatic hydroxyl groups excluding tert-OH is 1. The number of Topliss-reactive ketones (excluding diaryl/α,β-unsaturated/α-hetero) is 1. The fourth-order valence-electron chi connectivity index (χ4n) is 4.28. The van der Waals surface area contributed by atoms with Crippen LogP contribution in [0.25, 0.3) is 16.0 Å². The number of carbonyl (C=O) groups is 2. The Labute approximate surface area is 221 Å². The van der Waals surface area contributed by atoms with Gasteiger partial charge in [0, 0.05) is 5.56 Å². The molecule has 1 N–H and O–H groups in total. The predicted octanol–water partition coefficient (Wildman–Crippen LogP) is 6.63. The molecule has 0 spiro atoms. The zero-order valence-electron chi connectivity index (χ0n) is 20.7. The Balaban J connectivity index is 1.65. The Morgan fingerprint density at radius 3 is 2.53 bits per heavy atom. The van der Waals surface area contributed by atoms with E-state index in [9.17, 15) is 23.5 Å². The number of hydrogen-bond donors (Lipinski definition) is 1. The second-order valence-corrected chi connectivity index (χ2v) is 10.4.